The number of nitrogens with one attached hydrogen (secondary N) is 2. The Kier molecular flexibility index (Phi) is 5.62. The fraction of sp³-hybridized carbons (Fsp3) is 0.412. The van der Waals surface area contributed by atoms with Crippen molar-refractivity contribution in [3.05, 3.63) is 41.1 Å². The molecule has 0 radical (unpaired) electrons. The van der Waals surface area contributed by atoms with Gasteiger partial charge in [-0.2, -0.15) is 0 Å². The van der Waals surface area contributed by atoms with E-state index in [1.807, 2.05) is 25.1 Å². The summed E-state index contributed by atoms with van der Waals surface area (Å²) in [6.45, 7) is 4.02. The zero-order chi connectivity index (χ0) is 16.8. The fourth-order valence-corrected chi connectivity index (χ4v) is 2.65. The third kappa shape index (κ3) is 3.64. The van der Waals surface area contributed by atoms with Crippen LogP contribution in [0.4, 0.5) is 4.79 Å². The van der Waals surface area contributed by atoms with Crippen molar-refractivity contribution in [1.82, 2.24) is 10.6 Å². The lowest BCUT2D eigenvalue weighted by atomic mass is 9.93. The first kappa shape index (κ1) is 16.9. The van der Waals surface area contributed by atoms with Gasteiger partial charge in [-0.1, -0.05) is 31.5 Å². The molecule has 6 nitrogen and oxygen atoms in total. The van der Waals surface area contributed by atoms with Gasteiger partial charge in [0.25, 0.3) is 0 Å². The topological polar surface area (TPSA) is 76.7 Å². The summed E-state index contributed by atoms with van der Waals surface area (Å²) >= 11 is 0. The zero-order valence-corrected chi connectivity index (χ0v) is 13.6. The van der Waals surface area contributed by atoms with Gasteiger partial charge in [-0.05, 0) is 19.4 Å². The van der Waals surface area contributed by atoms with Crippen molar-refractivity contribution in [2.45, 2.75) is 32.7 Å². The third-order valence-electron chi connectivity index (χ3n) is 3.60. The van der Waals surface area contributed by atoms with E-state index in [2.05, 4.69) is 10.6 Å². The standard InChI is InChI=1S/C17H22N2O4/c1-4-8-12-14(16(20)23-5-2)15(19-17(21)18-12)11-9-6-7-10-13(11)22-3/h6-7,9-10,15H,4-5,8H2,1-3H3,(H2,18,19,21)/t15-/m1/s1. The maximum Gasteiger partial charge on any atom is 0.338 e. The van der Waals surface area contributed by atoms with Gasteiger partial charge in [0.2, 0.25) is 0 Å². The predicted octanol–water partition coefficient (Wildman–Crippen LogP) is 2.67. The summed E-state index contributed by atoms with van der Waals surface area (Å²) in [4.78, 5) is 24.5. The molecular weight excluding hydrogens is 296 g/mol. The number of urea groups is 1. The highest BCUT2D eigenvalue weighted by Crippen LogP contribution is 2.34. The minimum absolute atomic E-state index is 0.272. The van der Waals surface area contributed by atoms with E-state index in [1.54, 1.807) is 20.1 Å². The van der Waals surface area contributed by atoms with Crippen LogP contribution in [-0.2, 0) is 9.53 Å². The van der Waals surface area contributed by atoms with E-state index in [-0.39, 0.29) is 12.6 Å². The maximum atomic E-state index is 12.5. The van der Waals surface area contributed by atoms with Crippen LogP contribution in [-0.4, -0.2) is 25.7 Å². The SMILES string of the molecule is CCCC1=C(C(=O)OCC)[C@@H](c2ccccc2OC)NC(=O)N1. The van der Waals surface area contributed by atoms with Gasteiger partial charge >= 0.3 is 12.0 Å². The van der Waals surface area contributed by atoms with Crippen LogP contribution in [0, 0.1) is 0 Å². The quantitative estimate of drug-likeness (QED) is 0.791. The predicted molar refractivity (Wildman–Crippen MR) is 86.0 cm³/mol. The molecule has 0 fully saturated rings. The molecule has 1 aromatic rings. The van der Waals surface area contributed by atoms with Gasteiger partial charge in [-0.15, -0.1) is 0 Å². The highest BCUT2D eigenvalue weighted by Gasteiger charge is 2.34. The first-order chi connectivity index (χ1) is 11.1. The number of rotatable bonds is 6. The molecular formula is C17H22N2O4. The van der Waals surface area contributed by atoms with E-state index >= 15 is 0 Å². The van der Waals surface area contributed by atoms with Crippen LogP contribution in [0.25, 0.3) is 0 Å². The molecule has 1 aliphatic rings. The molecule has 6 heteroatoms. The molecule has 1 aromatic carbocycles. The fourth-order valence-electron chi connectivity index (χ4n) is 2.65. The van der Waals surface area contributed by atoms with Crippen LogP contribution in [0.2, 0.25) is 0 Å². The van der Waals surface area contributed by atoms with Crippen molar-refractivity contribution in [3.63, 3.8) is 0 Å². The minimum Gasteiger partial charge on any atom is -0.496 e. The van der Waals surface area contributed by atoms with Gasteiger partial charge in [0.1, 0.15) is 5.75 Å². The van der Waals surface area contributed by atoms with E-state index in [4.69, 9.17) is 9.47 Å². The van der Waals surface area contributed by atoms with Crippen molar-refractivity contribution in [1.29, 1.82) is 0 Å². The van der Waals surface area contributed by atoms with E-state index in [1.165, 1.54) is 0 Å². The molecule has 23 heavy (non-hydrogen) atoms. The molecule has 1 aliphatic heterocycles. The number of carbonyl (C=O) groups is 2. The Morgan fingerprint density at radius 3 is 2.65 bits per heavy atom. The number of amides is 2. The molecule has 0 bridgehead atoms. The number of carbonyl (C=O) groups excluding carboxylic acids is 2. The third-order valence-corrected chi connectivity index (χ3v) is 3.60. The molecule has 124 valence electrons. The van der Waals surface area contributed by atoms with Crippen LogP contribution < -0.4 is 15.4 Å². The largest absolute Gasteiger partial charge is 0.496 e. The highest BCUT2D eigenvalue weighted by atomic mass is 16.5. The summed E-state index contributed by atoms with van der Waals surface area (Å²) in [6, 6.07) is 6.38. The lowest BCUT2D eigenvalue weighted by Crippen LogP contribution is -2.46. The van der Waals surface area contributed by atoms with Crippen LogP contribution >= 0.6 is 0 Å². The Hall–Kier alpha value is -2.50. The molecule has 0 spiro atoms. The normalized spacial score (nSPS) is 17.3. The van der Waals surface area contributed by atoms with Crippen LogP contribution in [0.5, 0.6) is 5.75 Å². The number of hydrogen-bond acceptors (Lipinski definition) is 4. The van der Waals surface area contributed by atoms with Gasteiger partial charge in [-0.3, -0.25) is 0 Å². The number of benzene rings is 1. The molecule has 0 aromatic heterocycles. The van der Waals surface area contributed by atoms with Crippen molar-refractivity contribution < 1.29 is 19.1 Å². The number of methoxy groups -OCH3 is 1. The molecule has 0 saturated carbocycles. The van der Waals surface area contributed by atoms with Gasteiger partial charge in [0.05, 0.1) is 25.3 Å². The molecule has 0 aliphatic carbocycles. The summed E-state index contributed by atoms with van der Waals surface area (Å²) in [5.41, 5.74) is 1.75. The van der Waals surface area contributed by atoms with Crippen LogP contribution in [0.3, 0.4) is 0 Å². The summed E-state index contributed by atoms with van der Waals surface area (Å²) in [5.74, 6) is 0.178. The second-order valence-electron chi connectivity index (χ2n) is 5.14. The van der Waals surface area contributed by atoms with Crippen LogP contribution in [0.15, 0.2) is 35.5 Å². The summed E-state index contributed by atoms with van der Waals surface area (Å²) in [7, 11) is 1.56. The number of hydrogen-bond donors (Lipinski definition) is 2. The Morgan fingerprint density at radius 2 is 2.00 bits per heavy atom. The molecule has 0 saturated heterocycles. The average Bonchev–Trinajstić information content (AvgIpc) is 2.54. The van der Waals surface area contributed by atoms with E-state index in [0.717, 1.165) is 12.0 Å². The summed E-state index contributed by atoms with van der Waals surface area (Å²) < 4.78 is 10.6. The summed E-state index contributed by atoms with van der Waals surface area (Å²) in [5, 5.41) is 5.53. The monoisotopic (exact) mass is 318 g/mol. The van der Waals surface area contributed by atoms with Gasteiger partial charge in [0, 0.05) is 11.3 Å². The van der Waals surface area contributed by atoms with Crippen molar-refractivity contribution >= 4 is 12.0 Å². The van der Waals surface area contributed by atoms with Crippen molar-refractivity contribution in [2.24, 2.45) is 0 Å². The molecule has 2 amide bonds. The van der Waals surface area contributed by atoms with E-state index < -0.39 is 12.0 Å². The van der Waals surface area contributed by atoms with Crippen LogP contribution in [0.1, 0.15) is 38.3 Å². The first-order valence-corrected chi connectivity index (χ1v) is 7.72. The lowest BCUT2D eigenvalue weighted by Gasteiger charge is -2.30. The first-order valence-electron chi connectivity index (χ1n) is 7.72. The molecule has 2 N–H and O–H groups in total. The average molecular weight is 318 g/mol. The molecule has 0 unspecified atom stereocenters. The molecule has 2 rings (SSSR count). The van der Waals surface area contributed by atoms with Gasteiger partial charge in [-0.25, -0.2) is 9.59 Å². The second kappa shape index (κ2) is 7.67. The van der Waals surface area contributed by atoms with Gasteiger partial charge in [0.15, 0.2) is 0 Å². The second-order valence-corrected chi connectivity index (χ2v) is 5.14. The summed E-state index contributed by atoms with van der Waals surface area (Å²) in [6.07, 6.45) is 1.39. The minimum atomic E-state index is -0.597. The molecule has 1 heterocycles. The van der Waals surface area contributed by atoms with E-state index in [9.17, 15) is 9.59 Å². The van der Waals surface area contributed by atoms with Gasteiger partial charge < -0.3 is 20.1 Å². The Morgan fingerprint density at radius 1 is 1.26 bits per heavy atom. The highest BCUT2D eigenvalue weighted by molar-refractivity contribution is 5.95. The number of ether oxygens (including phenoxy) is 2. The zero-order valence-electron chi connectivity index (χ0n) is 13.6. The number of para-hydroxylation sites is 1. The van der Waals surface area contributed by atoms with E-state index in [0.29, 0.717) is 23.4 Å². The molecule has 1 atom stereocenters. The lowest BCUT2D eigenvalue weighted by molar-refractivity contribution is -0.139. The number of allylic oxidation sites excluding steroid dienone is 1. The Bertz CT molecular complexity index is 625. The Labute approximate surface area is 135 Å². The Balaban J connectivity index is 2.55. The smallest absolute Gasteiger partial charge is 0.338 e. The van der Waals surface area contributed by atoms with Crippen molar-refractivity contribution in [2.75, 3.05) is 13.7 Å². The number of esters is 1. The van der Waals surface area contributed by atoms with Crippen molar-refractivity contribution in [3.8, 4) is 5.75 Å². The maximum absolute atomic E-state index is 12.5.